The molecule has 0 spiro atoms. The minimum atomic E-state index is 1.09. The van der Waals surface area contributed by atoms with Crippen molar-refractivity contribution in [3.8, 4) is 50.2 Å². The lowest BCUT2D eigenvalue weighted by Gasteiger charge is -2.27. The maximum atomic E-state index is 2.43. The van der Waals surface area contributed by atoms with E-state index in [4.69, 9.17) is 0 Å². The van der Waals surface area contributed by atoms with Crippen LogP contribution >= 0.6 is 0 Å². The average molecular weight is 815 g/mol. The topological polar surface area (TPSA) is 8.17 Å². The molecule has 2 heteroatoms. The molecule has 64 heavy (non-hydrogen) atoms. The maximum Gasteiger partial charge on any atom is 0.0542 e. The molecular formula is C62H42N2. The van der Waals surface area contributed by atoms with Crippen LogP contribution in [-0.2, 0) is 0 Å². The van der Waals surface area contributed by atoms with Crippen molar-refractivity contribution in [2.75, 3.05) is 4.90 Å². The van der Waals surface area contributed by atoms with Gasteiger partial charge in [0.15, 0.2) is 0 Å². The highest BCUT2D eigenvalue weighted by molar-refractivity contribution is 6.22. The summed E-state index contributed by atoms with van der Waals surface area (Å²) in [7, 11) is 0. The Morgan fingerprint density at radius 2 is 0.656 bits per heavy atom. The Balaban J connectivity index is 1.13. The van der Waals surface area contributed by atoms with Gasteiger partial charge < -0.3 is 9.47 Å². The molecule has 0 atom stereocenters. The van der Waals surface area contributed by atoms with Crippen molar-refractivity contribution in [3.63, 3.8) is 0 Å². The van der Waals surface area contributed by atoms with E-state index >= 15 is 0 Å². The van der Waals surface area contributed by atoms with Crippen LogP contribution in [0.1, 0.15) is 0 Å². The highest BCUT2D eigenvalue weighted by Crippen LogP contribution is 2.48. The van der Waals surface area contributed by atoms with Gasteiger partial charge in [-0.3, -0.25) is 0 Å². The van der Waals surface area contributed by atoms with E-state index in [1.807, 2.05) is 0 Å². The summed E-state index contributed by atoms with van der Waals surface area (Å²) in [6, 6.07) is 92.8. The Morgan fingerprint density at radius 1 is 0.234 bits per heavy atom. The molecule has 12 aromatic rings. The van der Waals surface area contributed by atoms with Gasteiger partial charge in [0.25, 0.3) is 0 Å². The van der Waals surface area contributed by atoms with Gasteiger partial charge in [-0.05, 0) is 139 Å². The van der Waals surface area contributed by atoms with Crippen LogP contribution in [0.25, 0.3) is 93.5 Å². The van der Waals surface area contributed by atoms with Crippen molar-refractivity contribution in [2.24, 2.45) is 0 Å². The number of benzene rings is 11. The standard InChI is InChI=1S/C62H42N2/c1-5-19-43(20-6-1)45-23-17-25-47(39-45)61-54-32-13-14-33-55(54)62(48-26-18-24-46(40-48)44-21-7-2-8-22-44)58-42-51(35-37-56(58)61)63(49-27-9-3-10-28-49)52-36-38-60-57(41-52)53-31-15-16-34-59(53)64(60)50-29-11-4-12-30-50/h1-42H. The number of fused-ring (bicyclic) bond motifs is 5. The zero-order valence-electron chi connectivity index (χ0n) is 35.1. The predicted molar refractivity (Wildman–Crippen MR) is 272 cm³/mol. The molecule has 0 saturated heterocycles. The SMILES string of the molecule is c1ccc(-c2cccc(-c3c4ccccc4c(-c4cccc(-c5ccccc5)c4)c4cc(N(c5ccccc5)c5ccc6c(c5)c5ccccc5n6-c5ccccc5)ccc34)c2)cc1. The van der Waals surface area contributed by atoms with Gasteiger partial charge in [-0.2, -0.15) is 0 Å². The van der Waals surface area contributed by atoms with Crippen molar-refractivity contribution in [1.82, 2.24) is 4.57 Å². The maximum absolute atomic E-state index is 2.43. The summed E-state index contributed by atoms with van der Waals surface area (Å²) in [4.78, 5) is 2.42. The van der Waals surface area contributed by atoms with E-state index in [2.05, 4.69) is 264 Å². The van der Waals surface area contributed by atoms with Crippen molar-refractivity contribution in [2.45, 2.75) is 0 Å². The van der Waals surface area contributed by atoms with Gasteiger partial charge in [-0.1, -0.05) is 182 Å². The molecule has 0 saturated carbocycles. The van der Waals surface area contributed by atoms with Crippen LogP contribution in [0.15, 0.2) is 255 Å². The Morgan fingerprint density at radius 3 is 1.27 bits per heavy atom. The first-order valence-corrected chi connectivity index (χ1v) is 22.0. The quantitative estimate of drug-likeness (QED) is 0.139. The smallest absolute Gasteiger partial charge is 0.0542 e. The molecule has 12 rings (SSSR count). The lowest BCUT2D eigenvalue weighted by Crippen LogP contribution is -2.10. The second-order valence-corrected chi connectivity index (χ2v) is 16.5. The number of aromatic nitrogens is 1. The fourth-order valence-electron chi connectivity index (χ4n) is 9.88. The molecule has 0 radical (unpaired) electrons. The third kappa shape index (κ3) is 6.44. The number of nitrogens with zero attached hydrogens (tertiary/aromatic N) is 2. The van der Waals surface area contributed by atoms with Crippen LogP contribution in [0.4, 0.5) is 17.1 Å². The van der Waals surface area contributed by atoms with Gasteiger partial charge in [0.05, 0.1) is 11.0 Å². The van der Waals surface area contributed by atoms with Gasteiger partial charge in [0.1, 0.15) is 0 Å². The first-order valence-electron chi connectivity index (χ1n) is 22.0. The molecule has 0 aliphatic heterocycles. The number of hydrogen-bond donors (Lipinski definition) is 0. The third-order valence-corrected chi connectivity index (χ3v) is 12.7. The van der Waals surface area contributed by atoms with Crippen LogP contribution < -0.4 is 4.90 Å². The predicted octanol–water partition coefficient (Wildman–Crippen LogP) is 17.2. The molecule has 2 nitrogen and oxygen atoms in total. The highest BCUT2D eigenvalue weighted by Gasteiger charge is 2.22. The van der Waals surface area contributed by atoms with Crippen molar-refractivity contribution >= 4 is 60.4 Å². The first-order chi connectivity index (χ1) is 31.8. The Labute approximate surface area is 373 Å². The molecule has 1 heterocycles. The molecule has 300 valence electrons. The summed E-state index contributed by atoms with van der Waals surface area (Å²) in [5, 5.41) is 7.30. The van der Waals surface area contributed by atoms with E-state index in [1.165, 1.54) is 87.9 Å². The summed E-state index contributed by atoms with van der Waals surface area (Å²) in [5.74, 6) is 0. The average Bonchev–Trinajstić information content (AvgIpc) is 3.70. The molecule has 11 aromatic carbocycles. The largest absolute Gasteiger partial charge is 0.310 e. The summed E-state index contributed by atoms with van der Waals surface area (Å²) in [5.41, 5.74) is 16.4. The third-order valence-electron chi connectivity index (χ3n) is 12.7. The van der Waals surface area contributed by atoms with Crippen molar-refractivity contribution in [1.29, 1.82) is 0 Å². The fourth-order valence-corrected chi connectivity index (χ4v) is 9.88. The number of anilines is 3. The fraction of sp³-hybridized carbons (Fsp3) is 0. The van der Waals surface area contributed by atoms with Gasteiger partial charge in [0, 0.05) is 33.5 Å². The lowest BCUT2D eigenvalue weighted by molar-refractivity contribution is 1.18. The second-order valence-electron chi connectivity index (χ2n) is 16.5. The van der Waals surface area contributed by atoms with E-state index in [1.54, 1.807) is 0 Å². The minimum absolute atomic E-state index is 1.09. The Kier molecular flexibility index (Phi) is 9.20. The first kappa shape index (κ1) is 37.3. The van der Waals surface area contributed by atoms with Crippen LogP contribution in [0, 0.1) is 0 Å². The number of hydrogen-bond acceptors (Lipinski definition) is 1. The van der Waals surface area contributed by atoms with E-state index in [0.29, 0.717) is 0 Å². The Bertz CT molecular complexity index is 3650. The van der Waals surface area contributed by atoms with E-state index in [9.17, 15) is 0 Å². The van der Waals surface area contributed by atoms with Crippen LogP contribution in [-0.4, -0.2) is 4.57 Å². The van der Waals surface area contributed by atoms with Gasteiger partial charge in [-0.25, -0.2) is 0 Å². The van der Waals surface area contributed by atoms with E-state index in [-0.39, 0.29) is 0 Å². The molecular weight excluding hydrogens is 773 g/mol. The summed E-state index contributed by atoms with van der Waals surface area (Å²) < 4.78 is 2.38. The highest BCUT2D eigenvalue weighted by atomic mass is 15.1. The molecule has 0 amide bonds. The second kappa shape index (κ2) is 15.8. The molecule has 0 bridgehead atoms. The molecule has 0 fully saturated rings. The number of rotatable bonds is 8. The molecule has 0 unspecified atom stereocenters. The molecule has 0 aliphatic rings. The van der Waals surface area contributed by atoms with Gasteiger partial charge in [0.2, 0.25) is 0 Å². The normalized spacial score (nSPS) is 11.4. The van der Waals surface area contributed by atoms with Gasteiger partial charge in [-0.15, -0.1) is 0 Å². The molecule has 0 N–H and O–H groups in total. The van der Waals surface area contributed by atoms with Crippen molar-refractivity contribution in [3.05, 3.63) is 255 Å². The number of para-hydroxylation sites is 3. The lowest BCUT2D eigenvalue weighted by atomic mass is 9.84. The Hall–Kier alpha value is -8.46. The monoisotopic (exact) mass is 814 g/mol. The van der Waals surface area contributed by atoms with E-state index in [0.717, 1.165) is 22.7 Å². The molecule has 0 aliphatic carbocycles. The van der Waals surface area contributed by atoms with Gasteiger partial charge >= 0.3 is 0 Å². The zero-order chi connectivity index (χ0) is 42.4. The van der Waals surface area contributed by atoms with Crippen LogP contribution in [0.2, 0.25) is 0 Å². The van der Waals surface area contributed by atoms with Crippen LogP contribution in [0.5, 0.6) is 0 Å². The van der Waals surface area contributed by atoms with Crippen molar-refractivity contribution < 1.29 is 0 Å². The zero-order valence-corrected chi connectivity index (χ0v) is 35.1. The summed E-state index contributed by atoms with van der Waals surface area (Å²) in [6.45, 7) is 0. The van der Waals surface area contributed by atoms with Crippen LogP contribution in [0.3, 0.4) is 0 Å². The summed E-state index contributed by atoms with van der Waals surface area (Å²) in [6.07, 6.45) is 0. The minimum Gasteiger partial charge on any atom is -0.310 e. The summed E-state index contributed by atoms with van der Waals surface area (Å²) >= 11 is 0. The van der Waals surface area contributed by atoms with E-state index < -0.39 is 0 Å². The molecule has 1 aromatic heterocycles.